The molecular weight excluding hydrogens is 487 g/mol. The first-order chi connectivity index (χ1) is 17.1. The molecule has 0 fully saturated rings. The van der Waals surface area contributed by atoms with Crippen LogP contribution in [-0.4, -0.2) is 13.0 Å². The molecule has 0 aliphatic heterocycles. The Morgan fingerprint density at radius 1 is 0.806 bits per heavy atom. The Hall–Kier alpha value is -4.24. The normalized spacial score (nSPS) is 12.1. The van der Waals surface area contributed by atoms with Gasteiger partial charge in [0.25, 0.3) is 10.0 Å². The van der Waals surface area contributed by atoms with Gasteiger partial charge in [0.05, 0.1) is 22.5 Å². The third-order valence-corrected chi connectivity index (χ3v) is 7.30. The lowest BCUT2D eigenvalue weighted by Crippen LogP contribution is -2.14. The molecule has 0 amide bonds. The minimum atomic E-state index is -4.40. The van der Waals surface area contributed by atoms with Gasteiger partial charge in [0.2, 0.25) is 0 Å². The van der Waals surface area contributed by atoms with Crippen LogP contribution >= 0.6 is 0 Å². The molecule has 0 saturated heterocycles. The summed E-state index contributed by atoms with van der Waals surface area (Å²) in [6.07, 6.45) is -2.56. The summed E-state index contributed by atoms with van der Waals surface area (Å²) in [7, 11) is -3.89. The number of hydrogen-bond acceptors (Lipinski definition) is 3. The molecule has 0 unspecified atom stereocenters. The second-order valence-electron chi connectivity index (χ2n) is 8.19. The van der Waals surface area contributed by atoms with E-state index in [4.69, 9.17) is 5.73 Å². The summed E-state index contributed by atoms with van der Waals surface area (Å²) in [6, 6.07) is 25.6. The van der Waals surface area contributed by atoms with Crippen molar-refractivity contribution in [3.05, 3.63) is 109 Å². The van der Waals surface area contributed by atoms with E-state index >= 15 is 0 Å². The van der Waals surface area contributed by atoms with Crippen molar-refractivity contribution in [1.82, 2.24) is 4.57 Å². The topological polar surface area (TPSA) is 77.1 Å². The zero-order valence-electron chi connectivity index (χ0n) is 18.7. The van der Waals surface area contributed by atoms with Gasteiger partial charge >= 0.3 is 6.18 Å². The molecule has 9 heteroatoms. The Balaban J connectivity index is 1.50. The number of anilines is 2. The van der Waals surface area contributed by atoms with Gasteiger partial charge in [-0.25, -0.2) is 8.42 Å². The molecule has 5 rings (SSSR count). The number of nitrogens with one attached hydrogen (secondary N) is 1. The quantitative estimate of drug-likeness (QED) is 0.260. The van der Waals surface area contributed by atoms with Crippen LogP contribution in [0.15, 0.2) is 108 Å². The third-order valence-electron chi connectivity index (χ3n) is 5.84. The van der Waals surface area contributed by atoms with E-state index < -0.39 is 21.8 Å². The van der Waals surface area contributed by atoms with Crippen LogP contribution in [0, 0.1) is 0 Å². The standard InChI is InChI=1S/C27H20F3N3O2S/c28-27(29,30)19-13-11-18(12-14-19)22-7-4-9-25-23(22)15-16-33(25)21-6-3-5-20(17-21)32-36(34,35)26-10-2-1-8-24(26)31/h1-17,32H,31H2. The van der Waals surface area contributed by atoms with Gasteiger partial charge < -0.3 is 10.3 Å². The number of fused-ring (bicyclic) bond motifs is 1. The molecule has 5 nitrogen and oxygen atoms in total. The molecule has 0 bridgehead atoms. The maximum Gasteiger partial charge on any atom is 0.416 e. The number of aromatic nitrogens is 1. The fourth-order valence-electron chi connectivity index (χ4n) is 4.14. The lowest BCUT2D eigenvalue weighted by Gasteiger charge is -2.12. The molecule has 0 saturated carbocycles. The summed E-state index contributed by atoms with van der Waals surface area (Å²) in [6.45, 7) is 0. The molecule has 0 atom stereocenters. The number of hydrogen-bond donors (Lipinski definition) is 2. The largest absolute Gasteiger partial charge is 0.416 e. The summed E-state index contributed by atoms with van der Waals surface area (Å²) in [5, 5.41) is 0.848. The summed E-state index contributed by atoms with van der Waals surface area (Å²) >= 11 is 0. The predicted octanol–water partition coefficient (Wildman–Crippen LogP) is 6.70. The van der Waals surface area contributed by atoms with E-state index in [1.165, 1.54) is 24.3 Å². The van der Waals surface area contributed by atoms with E-state index in [-0.39, 0.29) is 10.6 Å². The highest BCUT2D eigenvalue weighted by Crippen LogP contribution is 2.34. The van der Waals surface area contributed by atoms with E-state index in [1.54, 1.807) is 30.3 Å². The molecule has 4 aromatic carbocycles. The Morgan fingerprint density at radius 3 is 2.25 bits per heavy atom. The summed E-state index contributed by atoms with van der Waals surface area (Å²) < 4.78 is 69.1. The van der Waals surface area contributed by atoms with Crippen LogP contribution in [0.3, 0.4) is 0 Å². The van der Waals surface area contributed by atoms with E-state index in [1.807, 2.05) is 41.1 Å². The molecule has 1 heterocycles. The van der Waals surface area contributed by atoms with Gasteiger partial charge in [0, 0.05) is 17.3 Å². The van der Waals surface area contributed by atoms with Crippen molar-refractivity contribution in [1.29, 1.82) is 0 Å². The highest BCUT2D eigenvalue weighted by atomic mass is 32.2. The maximum absolute atomic E-state index is 13.0. The van der Waals surface area contributed by atoms with Gasteiger partial charge in [-0.05, 0) is 65.7 Å². The zero-order valence-corrected chi connectivity index (χ0v) is 19.5. The van der Waals surface area contributed by atoms with Crippen LogP contribution in [0.2, 0.25) is 0 Å². The van der Waals surface area contributed by atoms with E-state index in [0.717, 1.165) is 28.6 Å². The molecule has 0 spiro atoms. The van der Waals surface area contributed by atoms with Gasteiger partial charge in [-0.1, -0.05) is 42.5 Å². The molecule has 1 aromatic heterocycles. The lowest BCUT2D eigenvalue weighted by atomic mass is 10.0. The van der Waals surface area contributed by atoms with Gasteiger partial charge in [0.15, 0.2) is 0 Å². The van der Waals surface area contributed by atoms with E-state index in [2.05, 4.69) is 4.72 Å². The highest BCUT2D eigenvalue weighted by Gasteiger charge is 2.30. The van der Waals surface area contributed by atoms with Gasteiger partial charge in [-0.3, -0.25) is 4.72 Å². The van der Waals surface area contributed by atoms with Crippen molar-refractivity contribution < 1.29 is 21.6 Å². The average Bonchev–Trinajstić information content (AvgIpc) is 3.28. The second-order valence-corrected chi connectivity index (χ2v) is 9.84. The van der Waals surface area contributed by atoms with Crippen molar-refractivity contribution in [2.45, 2.75) is 11.1 Å². The fraction of sp³-hybridized carbons (Fsp3) is 0.0370. The molecule has 3 N–H and O–H groups in total. The number of nitrogens with zero attached hydrogens (tertiary/aromatic N) is 1. The fourth-order valence-corrected chi connectivity index (χ4v) is 5.32. The number of nitrogens with two attached hydrogens (primary N) is 1. The molecule has 36 heavy (non-hydrogen) atoms. The average molecular weight is 508 g/mol. The Bertz CT molecular complexity index is 1680. The van der Waals surface area contributed by atoms with Crippen LogP contribution in [-0.2, 0) is 16.2 Å². The number of alkyl halides is 3. The van der Waals surface area contributed by atoms with Crippen LogP contribution in [0.5, 0.6) is 0 Å². The second kappa shape index (κ2) is 8.76. The van der Waals surface area contributed by atoms with Crippen molar-refractivity contribution in [2.24, 2.45) is 0 Å². The maximum atomic E-state index is 13.0. The molecule has 0 radical (unpaired) electrons. The van der Waals surface area contributed by atoms with Crippen molar-refractivity contribution in [3.8, 4) is 16.8 Å². The van der Waals surface area contributed by atoms with Crippen LogP contribution in [0.4, 0.5) is 24.5 Å². The first kappa shape index (κ1) is 23.5. The first-order valence-electron chi connectivity index (χ1n) is 10.9. The van der Waals surface area contributed by atoms with Crippen molar-refractivity contribution in [3.63, 3.8) is 0 Å². The van der Waals surface area contributed by atoms with Crippen LogP contribution < -0.4 is 10.5 Å². The number of para-hydroxylation sites is 1. The number of sulfonamides is 1. The van der Waals surface area contributed by atoms with Crippen molar-refractivity contribution >= 4 is 32.3 Å². The lowest BCUT2D eigenvalue weighted by molar-refractivity contribution is -0.137. The Morgan fingerprint density at radius 2 is 1.53 bits per heavy atom. The minimum absolute atomic E-state index is 0.0111. The van der Waals surface area contributed by atoms with Crippen LogP contribution in [0.1, 0.15) is 5.56 Å². The monoisotopic (exact) mass is 507 g/mol. The predicted molar refractivity (Wildman–Crippen MR) is 135 cm³/mol. The third kappa shape index (κ3) is 4.40. The number of nitrogen functional groups attached to an aromatic ring is 1. The molecular formula is C27H20F3N3O2S. The van der Waals surface area contributed by atoms with Crippen LogP contribution in [0.25, 0.3) is 27.7 Å². The minimum Gasteiger partial charge on any atom is -0.398 e. The molecule has 0 aliphatic rings. The first-order valence-corrected chi connectivity index (χ1v) is 12.4. The van der Waals surface area contributed by atoms with Gasteiger partial charge in [-0.2, -0.15) is 13.2 Å². The summed E-state index contributed by atoms with van der Waals surface area (Å²) in [5.74, 6) is 0. The molecule has 182 valence electrons. The number of halogens is 3. The van der Waals surface area contributed by atoms with Gasteiger partial charge in [-0.15, -0.1) is 0 Å². The Labute approximate surface area is 205 Å². The SMILES string of the molecule is Nc1ccccc1S(=O)(=O)Nc1cccc(-n2ccc3c(-c4ccc(C(F)(F)F)cc4)cccc32)c1. The van der Waals surface area contributed by atoms with Gasteiger partial charge in [0.1, 0.15) is 4.90 Å². The molecule has 0 aliphatic carbocycles. The summed E-state index contributed by atoms with van der Waals surface area (Å²) in [4.78, 5) is -0.0111. The number of rotatable bonds is 5. The Kier molecular flexibility index (Phi) is 5.72. The summed E-state index contributed by atoms with van der Waals surface area (Å²) in [5.41, 5.74) is 8.62. The zero-order chi connectivity index (χ0) is 25.5. The van der Waals surface area contributed by atoms with Crippen molar-refractivity contribution in [2.75, 3.05) is 10.5 Å². The van der Waals surface area contributed by atoms with E-state index in [9.17, 15) is 21.6 Å². The smallest absolute Gasteiger partial charge is 0.398 e. The number of benzene rings is 4. The highest BCUT2D eigenvalue weighted by molar-refractivity contribution is 7.92. The van der Waals surface area contributed by atoms with E-state index in [0.29, 0.717) is 16.9 Å². The molecule has 5 aromatic rings.